The summed E-state index contributed by atoms with van der Waals surface area (Å²) in [4.78, 5) is 0. The average molecular weight is 281 g/mol. The third-order valence-corrected chi connectivity index (χ3v) is 5.93. The van der Waals surface area contributed by atoms with E-state index in [1.807, 2.05) is 0 Å². The Morgan fingerprint density at radius 2 is 2.05 bits per heavy atom. The first-order chi connectivity index (χ1) is 8.94. The third kappa shape index (κ3) is 3.18. The molecule has 19 heavy (non-hydrogen) atoms. The molecular weight excluding hydrogens is 258 g/mol. The molecule has 1 aliphatic rings. The number of hydrogen-bond donors (Lipinski definition) is 0. The van der Waals surface area contributed by atoms with Crippen molar-refractivity contribution in [3.8, 4) is 0 Å². The Balaban J connectivity index is 2.20. The van der Waals surface area contributed by atoms with Crippen LogP contribution in [0.4, 0.5) is 0 Å². The summed E-state index contributed by atoms with van der Waals surface area (Å²) in [7, 11) is -3.06. The van der Waals surface area contributed by atoms with Gasteiger partial charge in [0.2, 0.25) is 10.0 Å². The highest BCUT2D eigenvalue weighted by molar-refractivity contribution is 7.89. The molecule has 1 aliphatic heterocycles. The van der Waals surface area contributed by atoms with Crippen molar-refractivity contribution in [2.75, 3.05) is 12.3 Å². The van der Waals surface area contributed by atoms with Crippen LogP contribution in [-0.4, -0.2) is 31.1 Å². The Morgan fingerprint density at radius 3 is 2.74 bits per heavy atom. The van der Waals surface area contributed by atoms with E-state index >= 15 is 0 Å². The number of nitrogens with zero attached hydrogens (tertiary/aromatic N) is 1. The number of aryl methyl sites for hydroxylation is 2. The summed E-state index contributed by atoms with van der Waals surface area (Å²) >= 11 is 0. The predicted molar refractivity (Wildman–Crippen MR) is 78.8 cm³/mol. The summed E-state index contributed by atoms with van der Waals surface area (Å²) in [5.74, 6) is 0.205. The number of benzene rings is 1. The first kappa shape index (κ1) is 14.5. The van der Waals surface area contributed by atoms with Gasteiger partial charge in [0, 0.05) is 12.6 Å². The normalized spacial score (nSPS) is 20.9. The SMILES string of the molecule is CCS(=O)(=O)N1CCCC1Cc1cc(C)ccc1C. The van der Waals surface area contributed by atoms with E-state index in [1.165, 1.54) is 16.7 Å². The molecule has 0 N–H and O–H groups in total. The van der Waals surface area contributed by atoms with Gasteiger partial charge in [-0.25, -0.2) is 8.42 Å². The van der Waals surface area contributed by atoms with Crippen LogP contribution in [0.5, 0.6) is 0 Å². The van der Waals surface area contributed by atoms with Crippen molar-refractivity contribution in [3.05, 3.63) is 34.9 Å². The lowest BCUT2D eigenvalue weighted by molar-refractivity contribution is 0.386. The van der Waals surface area contributed by atoms with Crippen LogP contribution in [-0.2, 0) is 16.4 Å². The molecule has 0 aliphatic carbocycles. The van der Waals surface area contributed by atoms with Crippen molar-refractivity contribution < 1.29 is 8.42 Å². The van der Waals surface area contributed by atoms with E-state index in [9.17, 15) is 8.42 Å². The Kier molecular flexibility index (Phi) is 4.31. The van der Waals surface area contributed by atoms with Crippen LogP contribution in [0.3, 0.4) is 0 Å². The molecule has 1 aromatic carbocycles. The van der Waals surface area contributed by atoms with E-state index < -0.39 is 10.0 Å². The molecule has 0 radical (unpaired) electrons. The van der Waals surface area contributed by atoms with Crippen molar-refractivity contribution >= 4 is 10.0 Å². The van der Waals surface area contributed by atoms with Gasteiger partial charge in [-0.2, -0.15) is 4.31 Å². The Labute approximate surface area is 116 Å². The molecule has 0 saturated carbocycles. The zero-order valence-corrected chi connectivity index (χ0v) is 12.8. The highest BCUT2D eigenvalue weighted by atomic mass is 32.2. The van der Waals surface area contributed by atoms with Crippen LogP contribution >= 0.6 is 0 Å². The molecule has 1 saturated heterocycles. The van der Waals surface area contributed by atoms with Gasteiger partial charge in [-0.3, -0.25) is 0 Å². The lowest BCUT2D eigenvalue weighted by Gasteiger charge is -2.24. The van der Waals surface area contributed by atoms with Crippen LogP contribution < -0.4 is 0 Å². The van der Waals surface area contributed by atoms with Gasteiger partial charge >= 0.3 is 0 Å². The van der Waals surface area contributed by atoms with E-state index in [2.05, 4.69) is 32.0 Å². The first-order valence-electron chi connectivity index (χ1n) is 6.99. The second kappa shape index (κ2) is 5.63. The van der Waals surface area contributed by atoms with Gasteiger partial charge in [0.05, 0.1) is 5.75 Å². The Hall–Kier alpha value is -0.870. The topological polar surface area (TPSA) is 37.4 Å². The number of hydrogen-bond acceptors (Lipinski definition) is 2. The molecule has 0 aromatic heterocycles. The minimum atomic E-state index is -3.06. The minimum Gasteiger partial charge on any atom is -0.212 e. The largest absolute Gasteiger partial charge is 0.214 e. The number of rotatable bonds is 4. The first-order valence-corrected chi connectivity index (χ1v) is 8.60. The highest BCUT2D eigenvalue weighted by Crippen LogP contribution is 2.25. The summed E-state index contributed by atoms with van der Waals surface area (Å²) in [6, 6.07) is 6.56. The van der Waals surface area contributed by atoms with Crippen molar-refractivity contribution in [2.24, 2.45) is 0 Å². The van der Waals surface area contributed by atoms with Gasteiger partial charge in [0.15, 0.2) is 0 Å². The van der Waals surface area contributed by atoms with Crippen LogP contribution in [0.15, 0.2) is 18.2 Å². The van der Waals surface area contributed by atoms with Gasteiger partial charge in [-0.15, -0.1) is 0 Å². The van der Waals surface area contributed by atoms with E-state index in [-0.39, 0.29) is 11.8 Å². The molecule has 0 spiro atoms. The van der Waals surface area contributed by atoms with Crippen molar-refractivity contribution in [3.63, 3.8) is 0 Å². The smallest absolute Gasteiger partial charge is 0.212 e. The maximum Gasteiger partial charge on any atom is 0.214 e. The zero-order chi connectivity index (χ0) is 14.0. The fraction of sp³-hybridized carbons (Fsp3) is 0.600. The fourth-order valence-corrected chi connectivity index (χ4v) is 4.19. The quantitative estimate of drug-likeness (QED) is 0.851. The van der Waals surface area contributed by atoms with Crippen LogP contribution in [0.2, 0.25) is 0 Å². The van der Waals surface area contributed by atoms with E-state index in [0.29, 0.717) is 6.54 Å². The Morgan fingerprint density at radius 1 is 1.32 bits per heavy atom. The molecule has 0 amide bonds. The molecule has 106 valence electrons. The summed E-state index contributed by atoms with van der Waals surface area (Å²) in [5.41, 5.74) is 3.78. The van der Waals surface area contributed by atoms with E-state index in [0.717, 1.165) is 19.3 Å². The van der Waals surface area contributed by atoms with E-state index in [1.54, 1.807) is 11.2 Å². The fourth-order valence-electron chi connectivity index (χ4n) is 2.82. The van der Waals surface area contributed by atoms with Crippen LogP contribution in [0, 0.1) is 13.8 Å². The average Bonchev–Trinajstić information content (AvgIpc) is 2.83. The maximum atomic E-state index is 12.1. The van der Waals surface area contributed by atoms with Crippen LogP contribution in [0.25, 0.3) is 0 Å². The van der Waals surface area contributed by atoms with Gasteiger partial charge in [-0.1, -0.05) is 23.8 Å². The molecule has 1 unspecified atom stereocenters. The van der Waals surface area contributed by atoms with Gasteiger partial charge < -0.3 is 0 Å². The molecule has 1 aromatic rings. The molecule has 1 fully saturated rings. The monoisotopic (exact) mass is 281 g/mol. The molecule has 2 rings (SSSR count). The Bertz CT molecular complexity index is 551. The minimum absolute atomic E-state index is 0.144. The molecule has 3 nitrogen and oxygen atoms in total. The van der Waals surface area contributed by atoms with Gasteiger partial charge in [0.1, 0.15) is 0 Å². The summed E-state index contributed by atoms with van der Waals surface area (Å²) in [6.45, 7) is 6.59. The summed E-state index contributed by atoms with van der Waals surface area (Å²) in [5, 5.41) is 0. The predicted octanol–water partition coefficient (Wildman–Crippen LogP) is 2.66. The second-order valence-electron chi connectivity index (χ2n) is 5.44. The molecular formula is C15H23NO2S. The maximum absolute atomic E-state index is 12.1. The molecule has 1 atom stereocenters. The van der Waals surface area contributed by atoms with Crippen molar-refractivity contribution in [2.45, 2.75) is 46.1 Å². The van der Waals surface area contributed by atoms with Crippen molar-refractivity contribution in [1.29, 1.82) is 0 Å². The standard InChI is InChI=1S/C15H23NO2S/c1-4-19(17,18)16-9-5-6-15(16)11-14-10-12(2)7-8-13(14)3/h7-8,10,15H,4-6,9,11H2,1-3H3. The van der Waals surface area contributed by atoms with Gasteiger partial charge in [0.25, 0.3) is 0 Å². The van der Waals surface area contributed by atoms with Crippen LogP contribution in [0.1, 0.15) is 36.5 Å². The summed E-state index contributed by atoms with van der Waals surface area (Å²) < 4.78 is 25.9. The molecule has 0 bridgehead atoms. The lowest BCUT2D eigenvalue weighted by Crippen LogP contribution is -2.37. The zero-order valence-electron chi connectivity index (χ0n) is 12.0. The highest BCUT2D eigenvalue weighted by Gasteiger charge is 2.33. The van der Waals surface area contributed by atoms with E-state index in [4.69, 9.17) is 0 Å². The number of sulfonamides is 1. The summed E-state index contributed by atoms with van der Waals surface area (Å²) in [6.07, 6.45) is 2.80. The molecule has 1 heterocycles. The third-order valence-electron chi connectivity index (χ3n) is 4.01. The van der Waals surface area contributed by atoms with Gasteiger partial charge in [-0.05, 0) is 51.2 Å². The molecule has 4 heteroatoms. The van der Waals surface area contributed by atoms with Crippen molar-refractivity contribution in [1.82, 2.24) is 4.31 Å². The second-order valence-corrected chi connectivity index (χ2v) is 7.65. The lowest BCUT2D eigenvalue weighted by atomic mass is 9.98.